The molecule has 0 aliphatic carbocycles. The Morgan fingerprint density at radius 3 is 2.29 bits per heavy atom. The van der Waals surface area contributed by atoms with E-state index in [-0.39, 0.29) is 17.0 Å². The smallest absolute Gasteiger partial charge is 0.248 e. The molecule has 1 aromatic carbocycles. The molecule has 0 radical (unpaired) electrons. The summed E-state index contributed by atoms with van der Waals surface area (Å²) in [5.41, 5.74) is 5.39. The molecule has 1 heterocycles. The molecule has 0 aliphatic rings. The number of carbonyl (C=O) groups excluding carboxylic acids is 1. The van der Waals surface area contributed by atoms with Crippen LogP contribution in [0.1, 0.15) is 21.9 Å². The number of benzene rings is 1. The van der Waals surface area contributed by atoms with Crippen molar-refractivity contribution < 1.29 is 17.6 Å². The van der Waals surface area contributed by atoms with Gasteiger partial charge in [0, 0.05) is 12.6 Å². The third-order valence-electron chi connectivity index (χ3n) is 3.02. The summed E-state index contributed by atoms with van der Waals surface area (Å²) in [5.74, 6) is 0.687. The molecule has 2 N–H and O–H groups in total. The number of nitrogens with zero attached hydrogens (tertiary/aromatic N) is 1. The average Bonchev–Trinajstić information content (AvgIpc) is 2.84. The summed E-state index contributed by atoms with van der Waals surface area (Å²) in [6, 6.07) is 9.01. The Balaban J connectivity index is 2.22. The molecule has 21 heavy (non-hydrogen) atoms. The van der Waals surface area contributed by atoms with E-state index in [1.54, 1.807) is 19.1 Å². The van der Waals surface area contributed by atoms with Crippen molar-refractivity contribution in [2.75, 3.05) is 7.05 Å². The molecule has 0 spiro atoms. The number of carbonyl (C=O) groups is 1. The van der Waals surface area contributed by atoms with Crippen molar-refractivity contribution in [3.63, 3.8) is 0 Å². The summed E-state index contributed by atoms with van der Waals surface area (Å²) in [4.78, 5) is 11.1. The van der Waals surface area contributed by atoms with Gasteiger partial charge in [0.15, 0.2) is 0 Å². The Kier molecular flexibility index (Phi) is 4.15. The number of amides is 1. The van der Waals surface area contributed by atoms with Crippen LogP contribution in [0.3, 0.4) is 0 Å². The molecule has 0 saturated carbocycles. The van der Waals surface area contributed by atoms with E-state index in [1.165, 1.54) is 35.6 Å². The van der Waals surface area contributed by atoms with E-state index >= 15 is 0 Å². The van der Waals surface area contributed by atoms with Crippen LogP contribution in [-0.2, 0) is 16.6 Å². The molecule has 0 atom stereocenters. The van der Waals surface area contributed by atoms with Crippen molar-refractivity contribution in [2.24, 2.45) is 5.73 Å². The van der Waals surface area contributed by atoms with Gasteiger partial charge in [-0.15, -0.1) is 0 Å². The van der Waals surface area contributed by atoms with Crippen molar-refractivity contribution in [1.29, 1.82) is 0 Å². The van der Waals surface area contributed by atoms with Gasteiger partial charge in [-0.1, -0.05) is 0 Å². The number of aryl methyl sites for hydroxylation is 1. The van der Waals surface area contributed by atoms with E-state index in [9.17, 15) is 13.2 Å². The fourth-order valence-electron chi connectivity index (χ4n) is 1.85. The summed E-state index contributed by atoms with van der Waals surface area (Å²) < 4.78 is 31.3. The minimum atomic E-state index is -3.65. The maximum Gasteiger partial charge on any atom is 0.248 e. The van der Waals surface area contributed by atoms with Crippen LogP contribution in [0.2, 0.25) is 0 Å². The second-order valence-corrected chi connectivity index (χ2v) is 6.71. The van der Waals surface area contributed by atoms with E-state index in [0.717, 1.165) is 5.76 Å². The second kappa shape index (κ2) is 5.71. The van der Waals surface area contributed by atoms with Gasteiger partial charge in [-0.3, -0.25) is 4.79 Å². The molecule has 0 unspecified atom stereocenters. The van der Waals surface area contributed by atoms with Gasteiger partial charge in [0.1, 0.15) is 11.5 Å². The van der Waals surface area contributed by atoms with Gasteiger partial charge in [-0.2, -0.15) is 4.31 Å². The zero-order chi connectivity index (χ0) is 15.6. The molecule has 7 heteroatoms. The Morgan fingerprint density at radius 1 is 1.19 bits per heavy atom. The molecule has 0 saturated heterocycles. The van der Waals surface area contributed by atoms with Crippen LogP contribution in [0, 0.1) is 6.92 Å². The van der Waals surface area contributed by atoms with Crippen LogP contribution in [0.5, 0.6) is 0 Å². The van der Waals surface area contributed by atoms with Crippen LogP contribution in [-0.4, -0.2) is 25.7 Å². The lowest BCUT2D eigenvalue weighted by Gasteiger charge is -2.16. The molecule has 0 aliphatic heterocycles. The lowest BCUT2D eigenvalue weighted by molar-refractivity contribution is 0.1000. The second-order valence-electron chi connectivity index (χ2n) is 4.66. The van der Waals surface area contributed by atoms with Crippen LogP contribution in [0.25, 0.3) is 0 Å². The molecule has 1 aromatic heterocycles. The maximum absolute atomic E-state index is 12.4. The molecule has 1 amide bonds. The first-order valence-corrected chi connectivity index (χ1v) is 7.66. The Labute approximate surface area is 123 Å². The largest absolute Gasteiger partial charge is 0.465 e. The summed E-state index contributed by atoms with van der Waals surface area (Å²) in [5, 5.41) is 0. The average molecular weight is 308 g/mol. The third kappa shape index (κ3) is 3.32. The number of primary amides is 1. The summed E-state index contributed by atoms with van der Waals surface area (Å²) in [6.45, 7) is 1.92. The highest BCUT2D eigenvalue weighted by Crippen LogP contribution is 2.18. The first kappa shape index (κ1) is 15.3. The monoisotopic (exact) mass is 308 g/mol. The Hall–Kier alpha value is -2.12. The minimum absolute atomic E-state index is 0.0956. The van der Waals surface area contributed by atoms with Gasteiger partial charge < -0.3 is 10.2 Å². The van der Waals surface area contributed by atoms with Gasteiger partial charge in [0.2, 0.25) is 15.9 Å². The molecule has 2 aromatic rings. The first-order valence-electron chi connectivity index (χ1n) is 6.22. The number of hydrogen-bond donors (Lipinski definition) is 1. The van der Waals surface area contributed by atoms with Crippen molar-refractivity contribution in [1.82, 2.24) is 4.31 Å². The molecular weight excluding hydrogens is 292 g/mol. The Bertz CT molecular complexity index is 748. The highest BCUT2D eigenvalue weighted by atomic mass is 32.2. The first-order chi connectivity index (χ1) is 9.80. The van der Waals surface area contributed by atoms with Crippen LogP contribution in [0.15, 0.2) is 45.7 Å². The van der Waals surface area contributed by atoms with E-state index < -0.39 is 15.9 Å². The summed E-state index contributed by atoms with van der Waals surface area (Å²) >= 11 is 0. The van der Waals surface area contributed by atoms with Crippen molar-refractivity contribution in [3.05, 3.63) is 53.5 Å². The summed E-state index contributed by atoms with van der Waals surface area (Å²) in [7, 11) is -2.18. The van der Waals surface area contributed by atoms with E-state index in [1.807, 2.05) is 0 Å². The Morgan fingerprint density at radius 2 is 1.81 bits per heavy atom. The summed E-state index contributed by atoms with van der Waals surface area (Å²) in [6.07, 6.45) is 0. The molecule has 2 rings (SSSR count). The van der Waals surface area contributed by atoms with E-state index in [0.29, 0.717) is 5.76 Å². The molecule has 0 bridgehead atoms. The van der Waals surface area contributed by atoms with Gasteiger partial charge in [0.05, 0.1) is 11.4 Å². The van der Waals surface area contributed by atoms with Gasteiger partial charge in [-0.25, -0.2) is 8.42 Å². The minimum Gasteiger partial charge on any atom is -0.465 e. The number of nitrogens with two attached hydrogens (primary N) is 1. The van der Waals surface area contributed by atoms with Crippen molar-refractivity contribution >= 4 is 15.9 Å². The standard InChI is InChI=1S/C14H16N2O4S/c1-10-3-6-12(20-10)9-16(2)21(18,19)13-7-4-11(5-8-13)14(15)17/h3-8H,9H2,1-2H3,(H2,15,17). The zero-order valence-electron chi connectivity index (χ0n) is 11.7. The predicted octanol–water partition coefficient (Wildman–Crippen LogP) is 1.51. The van der Waals surface area contributed by atoms with Crippen molar-refractivity contribution in [3.8, 4) is 0 Å². The normalized spacial score (nSPS) is 11.8. The number of sulfonamides is 1. The van der Waals surface area contributed by atoms with E-state index in [4.69, 9.17) is 10.2 Å². The fourth-order valence-corrected chi connectivity index (χ4v) is 2.98. The lowest BCUT2D eigenvalue weighted by atomic mass is 10.2. The molecule has 112 valence electrons. The highest BCUT2D eigenvalue weighted by molar-refractivity contribution is 7.89. The fraction of sp³-hybridized carbons (Fsp3) is 0.214. The van der Waals surface area contributed by atoms with Crippen LogP contribution >= 0.6 is 0 Å². The molecule has 0 fully saturated rings. The van der Waals surface area contributed by atoms with Gasteiger partial charge in [-0.05, 0) is 43.3 Å². The van der Waals surface area contributed by atoms with Gasteiger partial charge in [0.25, 0.3) is 0 Å². The van der Waals surface area contributed by atoms with Gasteiger partial charge >= 0.3 is 0 Å². The highest BCUT2D eigenvalue weighted by Gasteiger charge is 2.22. The topological polar surface area (TPSA) is 93.6 Å². The zero-order valence-corrected chi connectivity index (χ0v) is 12.6. The molecular formula is C14H16N2O4S. The SMILES string of the molecule is Cc1ccc(CN(C)S(=O)(=O)c2ccc(C(N)=O)cc2)o1. The number of hydrogen-bond acceptors (Lipinski definition) is 4. The van der Waals surface area contributed by atoms with Crippen LogP contribution < -0.4 is 5.73 Å². The number of rotatable bonds is 5. The lowest BCUT2D eigenvalue weighted by Crippen LogP contribution is -2.26. The van der Waals surface area contributed by atoms with E-state index in [2.05, 4.69) is 0 Å². The number of furan rings is 1. The predicted molar refractivity (Wildman–Crippen MR) is 77.1 cm³/mol. The maximum atomic E-state index is 12.4. The molecule has 6 nitrogen and oxygen atoms in total. The quantitative estimate of drug-likeness (QED) is 0.906. The third-order valence-corrected chi connectivity index (χ3v) is 4.84. The van der Waals surface area contributed by atoms with Crippen LogP contribution in [0.4, 0.5) is 0 Å². The van der Waals surface area contributed by atoms with Crippen molar-refractivity contribution in [2.45, 2.75) is 18.4 Å².